The molecule has 0 aliphatic carbocycles. The molecule has 0 saturated carbocycles. The molecule has 1 heterocycles. The van der Waals surface area contributed by atoms with Crippen LogP contribution in [0.25, 0.3) is 11.5 Å². The topological polar surface area (TPSA) is 76.2 Å². The summed E-state index contributed by atoms with van der Waals surface area (Å²) >= 11 is 1.48. The van der Waals surface area contributed by atoms with Crippen LogP contribution in [0.3, 0.4) is 0 Å². The van der Waals surface area contributed by atoms with Crippen LogP contribution in [0.5, 0.6) is 0 Å². The van der Waals surface area contributed by atoms with Crippen molar-refractivity contribution in [2.45, 2.75) is 12.2 Å². The second-order valence-electron chi connectivity index (χ2n) is 3.58. The Bertz CT molecular complexity index is 513. The zero-order valence-electron chi connectivity index (χ0n) is 9.57. The molecule has 18 heavy (non-hydrogen) atoms. The van der Waals surface area contributed by atoms with Crippen LogP contribution in [0.15, 0.2) is 34.9 Å². The zero-order chi connectivity index (χ0) is 12.8. The average molecular weight is 264 g/mol. The Labute approximate surface area is 108 Å². The van der Waals surface area contributed by atoms with Gasteiger partial charge in [-0.3, -0.25) is 4.79 Å². The average Bonchev–Trinajstić information content (AvgIpc) is 2.84. The molecular weight excluding hydrogens is 252 g/mol. The van der Waals surface area contributed by atoms with Gasteiger partial charge in [-0.2, -0.15) is 16.7 Å². The summed E-state index contributed by atoms with van der Waals surface area (Å²) in [6.07, 6.45) is 0.147. The van der Waals surface area contributed by atoms with Gasteiger partial charge in [0.05, 0.1) is 12.2 Å². The molecular formula is C12H12N2O3S. The van der Waals surface area contributed by atoms with Gasteiger partial charge >= 0.3 is 5.97 Å². The van der Waals surface area contributed by atoms with Gasteiger partial charge in [0.25, 0.3) is 5.89 Å². The fraction of sp³-hybridized carbons (Fsp3) is 0.250. The first-order valence-electron chi connectivity index (χ1n) is 5.43. The van der Waals surface area contributed by atoms with Crippen molar-refractivity contribution in [3.63, 3.8) is 0 Å². The van der Waals surface area contributed by atoms with Crippen molar-refractivity contribution in [3.8, 4) is 11.5 Å². The Kier molecular flexibility index (Phi) is 4.35. The molecule has 6 heteroatoms. The van der Waals surface area contributed by atoms with Gasteiger partial charge in [0, 0.05) is 11.3 Å². The van der Waals surface area contributed by atoms with Crippen molar-refractivity contribution in [1.29, 1.82) is 0 Å². The molecule has 0 unspecified atom stereocenters. The van der Waals surface area contributed by atoms with Gasteiger partial charge < -0.3 is 9.63 Å². The highest BCUT2D eigenvalue weighted by atomic mass is 32.2. The number of benzene rings is 1. The highest BCUT2D eigenvalue weighted by Gasteiger charge is 2.08. The van der Waals surface area contributed by atoms with Gasteiger partial charge in [-0.1, -0.05) is 23.4 Å². The third-order valence-corrected chi connectivity index (χ3v) is 3.14. The smallest absolute Gasteiger partial charge is 0.304 e. The third-order valence-electron chi connectivity index (χ3n) is 2.18. The van der Waals surface area contributed by atoms with Gasteiger partial charge in [0.1, 0.15) is 0 Å². The number of carbonyl (C=O) groups is 1. The summed E-state index contributed by atoms with van der Waals surface area (Å²) in [5.74, 6) is 1.39. The van der Waals surface area contributed by atoms with Crippen molar-refractivity contribution in [3.05, 3.63) is 36.2 Å². The van der Waals surface area contributed by atoms with E-state index in [4.69, 9.17) is 9.63 Å². The molecule has 5 nitrogen and oxygen atoms in total. The van der Waals surface area contributed by atoms with Crippen molar-refractivity contribution in [2.24, 2.45) is 0 Å². The molecule has 0 spiro atoms. The number of aromatic nitrogens is 2. The maximum Gasteiger partial charge on any atom is 0.304 e. The SMILES string of the molecule is O=C(O)CCSCc1noc(-c2ccccc2)n1. The maximum absolute atomic E-state index is 10.3. The van der Waals surface area contributed by atoms with E-state index < -0.39 is 5.97 Å². The summed E-state index contributed by atoms with van der Waals surface area (Å²) in [7, 11) is 0. The van der Waals surface area contributed by atoms with Crippen molar-refractivity contribution < 1.29 is 14.4 Å². The molecule has 94 valence electrons. The van der Waals surface area contributed by atoms with Crippen LogP contribution in [0.4, 0.5) is 0 Å². The standard InChI is InChI=1S/C12H12N2O3S/c15-11(16)6-7-18-8-10-13-12(17-14-10)9-4-2-1-3-5-9/h1-5H,6-8H2,(H,15,16). The van der Waals surface area contributed by atoms with E-state index in [1.54, 1.807) is 0 Å². The molecule has 0 amide bonds. The molecule has 0 aliphatic heterocycles. The lowest BCUT2D eigenvalue weighted by atomic mass is 10.2. The molecule has 1 aromatic heterocycles. The van der Waals surface area contributed by atoms with Gasteiger partial charge in [0.2, 0.25) is 0 Å². The number of aliphatic carboxylic acids is 1. The van der Waals surface area contributed by atoms with Gasteiger partial charge in [-0.25, -0.2) is 0 Å². The van der Waals surface area contributed by atoms with E-state index in [0.29, 0.717) is 23.2 Å². The molecule has 0 fully saturated rings. The Morgan fingerprint density at radius 3 is 2.83 bits per heavy atom. The first-order chi connectivity index (χ1) is 8.75. The molecule has 0 bridgehead atoms. The summed E-state index contributed by atoms with van der Waals surface area (Å²) < 4.78 is 5.14. The van der Waals surface area contributed by atoms with Crippen molar-refractivity contribution >= 4 is 17.7 Å². The summed E-state index contributed by atoms with van der Waals surface area (Å²) in [6.45, 7) is 0. The third kappa shape index (κ3) is 3.59. The summed E-state index contributed by atoms with van der Waals surface area (Å²) in [4.78, 5) is 14.6. The number of carboxylic acids is 1. The molecule has 1 aromatic carbocycles. The van der Waals surface area contributed by atoms with E-state index in [1.807, 2.05) is 30.3 Å². The highest BCUT2D eigenvalue weighted by Crippen LogP contribution is 2.18. The fourth-order valence-electron chi connectivity index (χ4n) is 1.33. The predicted octanol–water partition coefficient (Wildman–Crippen LogP) is 2.44. The van der Waals surface area contributed by atoms with Crippen LogP contribution in [0, 0.1) is 0 Å². The van der Waals surface area contributed by atoms with Crippen molar-refractivity contribution in [2.75, 3.05) is 5.75 Å². The first kappa shape index (κ1) is 12.6. The van der Waals surface area contributed by atoms with Crippen LogP contribution >= 0.6 is 11.8 Å². The van der Waals surface area contributed by atoms with E-state index in [1.165, 1.54) is 11.8 Å². The lowest BCUT2D eigenvalue weighted by molar-refractivity contribution is -0.136. The molecule has 1 N–H and O–H groups in total. The maximum atomic E-state index is 10.3. The second kappa shape index (κ2) is 6.20. The van der Waals surface area contributed by atoms with Gasteiger partial charge in [-0.15, -0.1) is 0 Å². The van der Waals surface area contributed by atoms with Crippen LogP contribution in [-0.2, 0) is 10.5 Å². The van der Waals surface area contributed by atoms with Crippen molar-refractivity contribution in [1.82, 2.24) is 10.1 Å². The minimum Gasteiger partial charge on any atom is -0.481 e. The summed E-state index contributed by atoms with van der Waals surface area (Å²) in [5, 5.41) is 12.4. The zero-order valence-corrected chi connectivity index (χ0v) is 10.4. The Morgan fingerprint density at radius 1 is 1.33 bits per heavy atom. The molecule has 0 saturated heterocycles. The predicted molar refractivity (Wildman–Crippen MR) is 68.1 cm³/mol. The van der Waals surface area contributed by atoms with E-state index in [-0.39, 0.29) is 6.42 Å². The van der Waals surface area contributed by atoms with E-state index >= 15 is 0 Å². The fourth-order valence-corrected chi connectivity index (χ4v) is 2.10. The molecule has 0 aliphatic rings. The molecule has 2 rings (SSSR count). The monoisotopic (exact) mass is 264 g/mol. The highest BCUT2D eigenvalue weighted by molar-refractivity contribution is 7.98. The summed E-state index contributed by atoms with van der Waals surface area (Å²) in [5.41, 5.74) is 0.881. The largest absolute Gasteiger partial charge is 0.481 e. The lowest BCUT2D eigenvalue weighted by Crippen LogP contribution is -1.96. The number of thioether (sulfide) groups is 1. The molecule has 0 atom stereocenters. The van der Waals surface area contributed by atoms with Gasteiger partial charge in [0.15, 0.2) is 5.82 Å². The Balaban J connectivity index is 1.89. The number of hydrogen-bond acceptors (Lipinski definition) is 5. The first-order valence-corrected chi connectivity index (χ1v) is 6.59. The van der Waals surface area contributed by atoms with Crippen LogP contribution in [0.1, 0.15) is 12.2 Å². The number of nitrogens with zero attached hydrogens (tertiary/aromatic N) is 2. The summed E-state index contributed by atoms with van der Waals surface area (Å²) in [6, 6.07) is 9.52. The van der Waals surface area contributed by atoms with Crippen LogP contribution < -0.4 is 0 Å². The number of hydrogen-bond donors (Lipinski definition) is 1. The quantitative estimate of drug-likeness (QED) is 0.807. The minimum absolute atomic E-state index is 0.147. The lowest BCUT2D eigenvalue weighted by Gasteiger charge is -1.93. The van der Waals surface area contributed by atoms with Gasteiger partial charge in [-0.05, 0) is 12.1 Å². The number of carboxylic acid groups (broad SMARTS) is 1. The van der Waals surface area contributed by atoms with Crippen LogP contribution in [-0.4, -0.2) is 27.0 Å². The van der Waals surface area contributed by atoms with E-state index in [9.17, 15) is 4.79 Å². The molecule has 0 radical (unpaired) electrons. The Morgan fingerprint density at radius 2 is 2.11 bits per heavy atom. The number of rotatable bonds is 6. The normalized spacial score (nSPS) is 10.4. The second-order valence-corrected chi connectivity index (χ2v) is 4.68. The molecule has 2 aromatic rings. The van der Waals surface area contributed by atoms with E-state index in [2.05, 4.69) is 10.1 Å². The minimum atomic E-state index is -0.791. The Hall–Kier alpha value is -1.82. The van der Waals surface area contributed by atoms with E-state index in [0.717, 1.165) is 5.56 Å². The van der Waals surface area contributed by atoms with Crippen LogP contribution in [0.2, 0.25) is 0 Å².